The van der Waals surface area contributed by atoms with Crippen molar-refractivity contribution in [1.29, 1.82) is 0 Å². The van der Waals surface area contributed by atoms with E-state index in [1.165, 1.54) is 32.4 Å². The van der Waals surface area contributed by atoms with Gasteiger partial charge in [-0.2, -0.15) is 4.80 Å². The van der Waals surface area contributed by atoms with Gasteiger partial charge >= 0.3 is 0 Å². The molecule has 0 saturated carbocycles. The molecule has 0 bridgehead atoms. The number of anilines is 2. The molecule has 9 nitrogen and oxygen atoms in total. The summed E-state index contributed by atoms with van der Waals surface area (Å²) in [5.74, 6) is 0.286. The van der Waals surface area contributed by atoms with Gasteiger partial charge in [0.25, 0.3) is 16.0 Å². The van der Waals surface area contributed by atoms with Crippen molar-refractivity contribution in [1.82, 2.24) is 20.2 Å². The van der Waals surface area contributed by atoms with Crippen molar-refractivity contribution in [3.8, 4) is 5.75 Å². The molecule has 1 aromatic heterocycles. The average Bonchev–Trinajstić information content (AvgIpc) is 2.73. The summed E-state index contributed by atoms with van der Waals surface area (Å²) in [5, 5.41) is 10.8. The molecule has 0 unspecified atom stereocenters. The Labute approximate surface area is 109 Å². The number of nitrogens with one attached hydrogen (secondary N) is 1. The summed E-state index contributed by atoms with van der Waals surface area (Å²) in [4.78, 5) is 1.12. The molecule has 1 heterocycles. The van der Waals surface area contributed by atoms with Gasteiger partial charge < -0.3 is 10.5 Å². The second kappa shape index (κ2) is 4.72. The van der Waals surface area contributed by atoms with E-state index >= 15 is 0 Å². The molecule has 0 aliphatic heterocycles. The number of hydrogen-bond donors (Lipinski definition) is 2. The molecule has 2 aromatic rings. The van der Waals surface area contributed by atoms with E-state index in [1.54, 1.807) is 0 Å². The van der Waals surface area contributed by atoms with Crippen LogP contribution < -0.4 is 15.2 Å². The number of hydrogen-bond acceptors (Lipinski definition) is 7. The summed E-state index contributed by atoms with van der Waals surface area (Å²) in [7, 11) is -0.841. The van der Waals surface area contributed by atoms with E-state index in [1.807, 2.05) is 0 Å². The minimum atomic E-state index is -3.81. The second-order valence-corrected chi connectivity index (χ2v) is 5.29. The predicted molar refractivity (Wildman–Crippen MR) is 67.0 cm³/mol. The van der Waals surface area contributed by atoms with E-state index in [0.717, 1.165) is 4.80 Å². The summed E-state index contributed by atoms with van der Waals surface area (Å²) in [5.41, 5.74) is 5.88. The number of nitrogens with zero attached hydrogens (tertiary/aromatic N) is 4. The first-order chi connectivity index (χ1) is 8.92. The van der Waals surface area contributed by atoms with E-state index in [2.05, 4.69) is 20.1 Å². The number of tetrazole rings is 1. The van der Waals surface area contributed by atoms with Crippen molar-refractivity contribution in [2.45, 2.75) is 4.90 Å². The van der Waals surface area contributed by atoms with Crippen LogP contribution in [-0.4, -0.2) is 35.7 Å². The average molecular weight is 284 g/mol. The van der Waals surface area contributed by atoms with Crippen LogP contribution in [0.25, 0.3) is 0 Å². The maximum absolute atomic E-state index is 12.0. The van der Waals surface area contributed by atoms with Gasteiger partial charge in [-0.3, -0.25) is 0 Å². The molecule has 2 rings (SSSR count). The molecule has 0 aliphatic rings. The van der Waals surface area contributed by atoms with Crippen molar-refractivity contribution < 1.29 is 13.2 Å². The van der Waals surface area contributed by atoms with Crippen molar-refractivity contribution in [2.75, 3.05) is 17.6 Å². The highest BCUT2D eigenvalue weighted by Crippen LogP contribution is 2.24. The van der Waals surface area contributed by atoms with Gasteiger partial charge in [-0.1, -0.05) is 5.10 Å². The predicted octanol–water partition coefficient (Wildman–Crippen LogP) is -0.398. The van der Waals surface area contributed by atoms with Gasteiger partial charge in [-0.25, -0.2) is 13.1 Å². The lowest BCUT2D eigenvalue weighted by Crippen LogP contribution is -2.14. The number of nitrogens with two attached hydrogens (primary N) is 1. The lowest BCUT2D eigenvalue weighted by atomic mass is 10.3. The summed E-state index contributed by atoms with van der Waals surface area (Å²) >= 11 is 0. The smallest absolute Gasteiger partial charge is 0.277 e. The largest absolute Gasteiger partial charge is 0.495 e. The molecule has 1 aromatic carbocycles. The van der Waals surface area contributed by atoms with Gasteiger partial charge in [0.2, 0.25) is 0 Å². The Morgan fingerprint density at radius 3 is 2.68 bits per heavy atom. The number of rotatable bonds is 4. The molecule has 19 heavy (non-hydrogen) atoms. The monoisotopic (exact) mass is 284 g/mol. The van der Waals surface area contributed by atoms with Crippen LogP contribution in [0.1, 0.15) is 0 Å². The molecule has 0 radical (unpaired) electrons. The molecule has 0 fully saturated rings. The molecule has 0 atom stereocenters. The number of nitrogen functional groups attached to an aromatic ring is 1. The Morgan fingerprint density at radius 2 is 2.16 bits per heavy atom. The summed E-state index contributed by atoms with van der Waals surface area (Å²) in [6.07, 6.45) is 0. The summed E-state index contributed by atoms with van der Waals surface area (Å²) < 4.78 is 31.2. The van der Waals surface area contributed by atoms with E-state index in [9.17, 15) is 8.42 Å². The topological polar surface area (TPSA) is 125 Å². The fourth-order valence-corrected chi connectivity index (χ4v) is 2.35. The van der Waals surface area contributed by atoms with E-state index in [4.69, 9.17) is 10.5 Å². The van der Waals surface area contributed by atoms with Crippen LogP contribution in [0.15, 0.2) is 23.1 Å². The minimum absolute atomic E-state index is 0.0155. The van der Waals surface area contributed by atoms with Crippen LogP contribution in [-0.2, 0) is 17.1 Å². The Kier molecular flexibility index (Phi) is 3.25. The zero-order valence-electron chi connectivity index (χ0n) is 10.2. The first-order valence-electron chi connectivity index (χ1n) is 5.13. The summed E-state index contributed by atoms with van der Waals surface area (Å²) in [6.45, 7) is 0. The SMILES string of the molecule is COc1ccc(S(=O)(=O)Nc2nnn(C)n2)cc1N. The third kappa shape index (κ3) is 2.73. The Bertz CT molecular complexity index is 696. The van der Waals surface area contributed by atoms with E-state index < -0.39 is 10.0 Å². The lowest BCUT2D eigenvalue weighted by Gasteiger charge is -2.08. The Hall–Kier alpha value is -2.36. The van der Waals surface area contributed by atoms with Crippen LogP contribution in [0.4, 0.5) is 11.6 Å². The van der Waals surface area contributed by atoms with Crippen molar-refractivity contribution in [2.24, 2.45) is 7.05 Å². The first kappa shape index (κ1) is 13.1. The van der Waals surface area contributed by atoms with Crippen molar-refractivity contribution in [3.05, 3.63) is 18.2 Å². The fourth-order valence-electron chi connectivity index (χ4n) is 1.38. The van der Waals surface area contributed by atoms with Gasteiger partial charge in [0.1, 0.15) is 5.75 Å². The molecule has 0 amide bonds. The maximum Gasteiger partial charge on any atom is 0.277 e. The Morgan fingerprint density at radius 1 is 1.42 bits per heavy atom. The van der Waals surface area contributed by atoms with Crippen LogP contribution >= 0.6 is 0 Å². The molecule has 3 N–H and O–H groups in total. The number of aromatic nitrogens is 4. The normalized spacial score (nSPS) is 11.3. The fraction of sp³-hybridized carbons (Fsp3) is 0.222. The number of ether oxygens (including phenoxy) is 1. The van der Waals surface area contributed by atoms with Crippen LogP contribution in [0.5, 0.6) is 5.75 Å². The van der Waals surface area contributed by atoms with Crippen molar-refractivity contribution >= 4 is 21.7 Å². The van der Waals surface area contributed by atoms with Gasteiger partial charge in [-0.05, 0) is 23.4 Å². The Balaban J connectivity index is 2.31. The highest BCUT2D eigenvalue weighted by Gasteiger charge is 2.18. The molecular weight excluding hydrogens is 272 g/mol. The molecule has 0 aliphatic carbocycles. The highest BCUT2D eigenvalue weighted by molar-refractivity contribution is 7.92. The minimum Gasteiger partial charge on any atom is -0.495 e. The highest BCUT2D eigenvalue weighted by atomic mass is 32.2. The molecular formula is C9H12N6O3S. The maximum atomic E-state index is 12.0. The van der Waals surface area contributed by atoms with Crippen LogP contribution in [0.3, 0.4) is 0 Å². The third-order valence-electron chi connectivity index (χ3n) is 2.25. The lowest BCUT2D eigenvalue weighted by molar-refractivity contribution is 0.416. The second-order valence-electron chi connectivity index (χ2n) is 3.61. The van der Waals surface area contributed by atoms with E-state index in [0.29, 0.717) is 5.75 Å². The van der Waals surface area contributed by atoms with Gasteiger partial charge in [0, 0.05) is 0 Å². The zero-order valence-corrected chi connectivity index (χ0v) is 11.0. The molecule has 10 heteroatoms. The number of aryl methyl sites for hydroxylation is 1. The number of benzene rings is 1. The number of sulfonamides is 1. The zero-order chi connectivity index (χ0) is 14.0. The molecule has 0 saturated heterocycles. The van der Waals surface area contributed by atoms with Crippen LogP contribution in [0.2, 0.25) is 0 Å². The van der Waals surface area contributed by atoms with E-state index in [-0.39, 0.29) is 16.5 Å². The quantitative estimate of drug-likeness (QED) is 0.732. The van der Waals surface area contributed by atoms with Gasteiger partial charge in [0.05, 0.1) is 24.7 Å². The van der Waals surface area contributed by atoms with Crippen molar-refractivity contribution in [3.63, 3.8) is 0 Å². The molecule has 102 valence electrons. The first-order valence-corrected chi connectivity index (χ1v) is 6.61. The third-order valence-corrected chi connectivity index (χ3v) is 3.57. The van der Waals surface area contributed by atoms with Gasteiger partial charge in [0.15, 0.2) is 0 Å². The molecule has 0 spiro atoms. The standard InChI is InChI=1S/C9H12N6O3S/c1-15-12-9(11-14-15)13-19(16,17)6-3-4-8(18-2)7(10)5-6/h3-5H,10H2,1-2H3,(H,12,13). The number of methoxy groups -OCH3 is 1. The summed E-state index contributed by atoms with van der Waals surface area (Å²) in [6, 6.07) is 4.12. The van der Waals surface area contributed by atoms with Crippen LogP contribution in [0, 0.1) is 0 Å². The van der Waals surface area contributed by atoms with Gasteiger partial charge in [-0.15, -0.1) is 5.10 Å².